The number of allylic oxidation sites excluding steroid dienone is 1. The fourth-order valence-corrected chi connectivity index (χ4v) is 4.36. The summed E-state index contributed by atoms with van der Waals surface area (Å²) in [5.41, 5.74) is 6.01. The number of carbonyl (C=O) groups excluding carboxylic acids is 2. The highest BCUT2D eigenvalue weighted by Crippen LogP contribution is 2.38. The number of hydrogen-bond acceptors (Lipinski definition) is 8. The van der Waals surface area contributed by atoms with Crippen LogP contribution in [-0.4, -0.2) is 61.4 Å². The van der Waals surface area contributed by atoms with Crippen LogP contribution in [0.5, 0.6) is 5.75 Å². The maximum absolute atomic E-state index is 11.8. The molecule has 1 aromatic heterocycles. The SMILES string of the molecule is C=C(CNC)NCc1c2c(nc3ccc(OC)cc13)/C(=C/C(=C(\C=O)CCC)C(O)C=O)N(C)C2. The zero-order valence-corrected chi connectivity index (χ0v) is 20.9. The van der Waals surface area contributed by atoms with Crippen molar-refractivity contribution in [2.24, 2.45) is 0 Å². The maximum atomic E-state index is 11.8. The summed E-state index contributed by atoms with van der Waals surface area (Å²) < 4.78 is 5.46. The average Bonchev–Trinajstić information content (AvgIpc) is 3.17. The Balaban J connectivity index is 2.22. The molecule has 0 radical (unpaired) electrons. The fourth-order valence-electron chi connectivity index (χ4n) is 4.36. The van der Waals surface area contributed by atoms with E-state index in [1.165, 1.54) is 0 Å². The minimum atomic E-state index is -1.39. The van der Waals surface area contributed by atoms with Crippen LogP contribution in [0, 0.1) is 0 Å². The largest absolute Gasteiger partial charge is 0.497 e. The Labute approximate surface area is 206 Å². The number of rotatable bonds is 12. The molecule has 0 aliphatic carbocycles. The number of likely N-dealkylation sites (N-methyl/N-ethyl adjacent to an activating group) is 1. The molecule has 1 aliphatic rings. The minimum Gasteiger partial charge on any atom is -0.497 e. The molecule has 8 heteroatoms. The van der Waals surface area contributed by atoms with E-state index in [0.717, 1.165) is 57.6 Å². The Hall–Kier alpha value is -3.49. The lowest BCUT2D eigenvalue weighted by Gasteiger charge is -2.16. The third-order valence-electron chi connectivity index (χ3n) is 6.14. The number of benzene rings is 1. The van der Waals surface area contributed by atoms with E-state index in [-0.39, 0.29) is 0 Å². The number of pyridine rings is 1. The lowest BCUT2D eigenvalue weighted by Crippen LogP contribution is -2.22. The van der Waals surface area contributed by atoms with Gasteiger partial charge in [-0.15, -0.1) is 0 Å². The highest BCUT2D eigenvalue weighted by molar-refractivity contribution is 5.89. The van der Waals surface area contributed by atoms with E-state index >= 15 is 0 Å². The first-order valence-electron chi connectivity index (χ1n) is 11.7. The smallest absolute Gasteiger partial charge is 0.153 e. The Bertz CT molecular complexity index is 1190. The molecule has 0 spiro atoms. The van der Waals surface area contributed by atoms with Crippen molar-refractivity contribution < 1.29 is 19.4 Å². The van der Waals surface area contributed by atoms with Crippen molar-refractivity contribution in [1.82, 2.24) is 20.5 Å². The number of nitrogens with zero attached hydrogens (tertiary/aromatic N) is 2. The summed E-state index contributed by atoms with van der Waals surface area (Å²) in [6.45, 7) is 7.80. The Morgan fingerprint density at radius 2 is 2.14 bits per heavy atom. The summed E-state index contributed by atoms with van der Waals surface area (Å²) in [6, 6.07) is 5.77. The van der Waals surface area contributed by atoms with Gasteiger partial charge in [0.1, 0.15) is 18.1 Å². The van der Waals surface area contributed by atoms with Crippen LogP contribution in [-0.2, 0) is 22.7 Å². The molecular formula is C27H34N4O4. The first-order chi connectivity index (χ1) is 16.9. The molecular weight excluding hydrogens is 444 g/mol. The second kappa shape index (κ2) is 11.8. The van der Waals surface area contributed by atoms with Crippen molar-refractivity contribution in [2.45, 2.75) is 39.0 Å². The van der Waals surface area contributed by atoms with Crippen molar-refractivity contribution in [2.75, 3.05) is 27.7 Å². The summed E-state index contributed by atoms with van der Waals surface area (Å²) >= 11 is 0. The summed E-state index contributed by atoms with van der Waals surface area (Å²) in [5.74, 6) is 0.742. The van der Waals surface area contributed by atoms with Crippen molar-refractivity contribution in [3.05, 3.63) is 64.5 Å². The van der Waals surface area contributed by atoms with Crippen LogP contribution in [0.1, 0.15) is 36.6 Å². The average molecular weight is 479 g/mol. The zero-order chi connectivity index (χ0) is 25.5. The van der Waals surface area contributed by atoms with Gasteiger partial charge < -0.3 is 30.2 Å². The van der Waals surface area contributed by atoms with E-state index in [0.29, 0.717) is 43.5 Å². The van der Waals surface area contributed by atoms with Crippen LogP contribution in [0.2, 0.25) is 0 Å². The number of hydrogen-bond donors (Lipinski definition) is 3. The minimum absolute atomic E-state index is 0.310. The monoisotopic (exact) mass is 478 g/mol. The van der Waals surface area contributed by atoms with Gasteiger partial charge in [-0.2, -0.15) is 0 Å². The van der Waals surface area contributed by atoms with Gasteiger partial charge in [-0.3, -0.25) is 4.79 Å². The van der Waals surface area contributed by atoms with E-state index in [1.54, 1.807) is 13.2 Å². The van der Waals surface area contributed by atoms with Crippen LogP contribution in [0.4, 0.5) is 0 Å². The normalized spacial score (nSPS) is 15.6. The standard InChI is InChI=1S/C27H34N4O4/c1-6-7-18(15-32)20(26(34)16-33)11-25-27-23(14-31(25)4)22(13-29-17(2)12-28-3)21-10-19(35-5)8-9-24(21)30-27/h8-11,15-16,26,28-29,34H,2,6-7,12-14H2,1,3-5H3/b20-18+,25-11-. The zero-order valence-electron chi connectivity index (χ0n) is 20.9. The predicted octanol–water partition coefficient (Wildman–Crippen LogP) is 2.71. The second-order valence-electron chi connectivity index (χ2n) is 8.60. The molecule has 35 heavy (non-hydrogen) atoms. The summed E-state index contributed by atoms with van der Waals surface area (Å²) in [6.07, 6.45) is 2.70. The van der Waals surface area contributed by atoms with Gasteiger partial charge in [0, 0.05) is 43.3 Å². The van der Waals surface area contributed by atoms with Crippen molar-refractivity contribution in [1.29, 1.82) is 0 Å². The number of aliphatic hydroxyl groups is 1. The third-order valence-corrected chi connectivity index (χ3v) is 6.14. The van der Waals surface area contributed by atoms with E-state index in [9.17, 15) is 14.7 Å². The molecule has 1 unspecified atom stereocenters. The first-order valence-corrected chi connectivity index (χ1v) is 11.7. The van der Waals surface area contributed by atoms with Gasteiger partial charge >= 0.3 is 0 Å². The van der Waals surface area contributed by atoms with Crippen LogP contribution in [0.3, 0.4) is 0 Å². The van der Waals surface area contributed by atoms with Gasteiger partial charge in [0.25, 0.3) is 0 Å². The molecule has 1 atom stereocenters. The summed E-state index contributed by atoms with van der Waals surface area (Å²) in [5, 5.41) is 17.9. The third kappa shape index (κ3) is 5.61. The van der Waals surface area contributed by atoms with E-state index in [4.69, 9.17) is 9.72 Å². The molecule has 1 aliphatic heterocycles. The number of carbonyl (C=O) groups is 2. The van der Waals surface area contributed by atoms with Crippen LogP contribution >= 0.6 is 0 Å². The molecule has 0 fully saturated rings. The molecule has 0 amide bonds. The summed E-state index contributed by atoms with van der Waals surface area (Å²) in [4.78, 5) is 30.2. The van der Waals surface area contributed by atoms with E-state index in [1.807, 2.05) is 44.1 Å². The molecule has 8 nitrogen and oxygen atoms in total. The van der Waals surface area contributed by atoms with E-state index < -0.39 is 6.10 Å². The predicted molar refractivity (Wildman–Crippen MR) is 138 cm³/mol. The first kappa shape index (κ1) is 26.1. The number of aldehydes is 2. The molecule has 0 bridgehead atoms. The van der Waals surface area contributed by atoms with Crippen molar-refractivity contribution >= 4 is 29.2 Å². The highest BCUT2D eigenvalue weighted by atomic mass is 16.5. The van der Waals surface area contributed by atoms with Crippen molar-refractivity contribution in [3.8, 4) is 5.75 Å². The number of aromatic nitrogens is 1. The highest BCUT2D eigenvalue weighted by Gasteiger charge is 2.28. The number of fused-ring (bicyclic) bond motifs is 2. The van der Waals surface area contributed by atoms with Crippen molar-refractivity contribution in [3.63, 3.8) is 0 Å². The molecule has 3 rings (SSSR count). The molecule has 186 valence electrons. The van der Waals surface area contributed by atoms with Crippen LogP contribution < -0.4 is 15.4 Å². The number of ether oxygens (including phenoxy) is 1. The molecule has 0 saturated heterocycles. The van der Waals surface area contributed by atoms with E-state index in [2.05, 4.69) is 17.2 Å². The molecule has 3 N–H and O–H groups in total. The lowest BCUT2D eigenvalue weighted by molar-refractivity contribution is -0.113. The molecule has 2 aromatic rings. The van der Waals surface area contributed by atoms with Gasteiger partial charge in [-0.1, -0.05) is 19.9 Å². The fraction of sp³-hybridized carbons (Fsp3) is 0.370. The van der Waals surface area contributed by atoms with Gasteiger partial charge in [0.15, 0.2) is 6.29 Å². The lowest BCUT2D eigenvalue weighted by atomic mass is 9.97. The van der Waals surface area contributed by atoms with Crippen LogP contribution in [0.25, 0.3) is 16.6 Å². The number of methoxy groups -OCH3 is 1. The molecule has 1 aromatic carbocycles. The van der Waals surface area contributed by atoms with Gasteiger partial charge in [0.05, 0.1) is 24.0 Å². The summed E-state index contributed by atoms with van der Waals surface area (Å²) in [7, 11) is 5.44. The topological polar surface area (TPSA) is 104 Å². The molecule has 2 heterocycles. The quantitative estimate of drug-likeness (QED) is 0.316. The van der Waals surface area contributed by atoms with Gasteiger partial charge in [-0.05, 0) is 54.5 Å². The Morgan fingerprint density at radius 1 is 1.37 bits per heavy atom. The number of nitrogens with one attached hydrogen (secondary N) is 2. The molecule has 0 saturated carbocycles. The van der Waals surface area contributed by atoms with Crippen LogP contribution in [0.15, 0.2) is 47.7 Å². The maximum Gasteiger partial charge on any atom is 0.153 e. The Kier molecular flexibility index (Phi) is 8.78. The Morgan fingerprint density at radius 3 is 2.77 bits per heavy atom. The second-order valence-corrected chi connectivity index (χ2v) is 8.60. The number of aliphatic hydroxyl groups excluding tert-OH is 1. The van der Waals surface area contributed by atoms with Gasteiger partial charge in [-0.25, -0.2) is 4.98 Å². The van der Waals surface area contributed by atoms with Gasteiger partial charge in [0.2, 0.25) is 0 Å².